The van der Waals surface area contributed by atoms with Gasteiger partial charge in [0.2, 0.25) is 0 Å². The zero-order chi connectivity index (χ0) is 19.6. The molecule has 0 radical (unpaired) electrons. The van der Waals surface area contributed by atoms with Crippen LogP contribution in [-0.4, -0.2) is 44.5 Å². The molecule has 0 aromatic heterocycles. The predicted molar refractivity (Wildman–Crippen MR) is 112 cm³/mol. The van der Waals surface area contributed by atoms with E-state index in [0.29, 0.717) is 38.3 Å². The quantitative estimate of drug-likeness (QED) is 0.364. The molecule has 5 nitrogen and oxygen atoms in total. The first-order chi connectivity index (χ1) is 13.3. The van der Waals surface area contributed by atoms with E-state index in [1.807, 2.05) is 0 Å². The molecule has 0 amide bonds. The highest BCUT2D eigenvalue weighted by Crippen LogP contribution is 2.35. The predicted octanol–water partition coefficient (Wildman–Crippen LogP) is 5.85. The first-order valence-corrected chi connectivity index (χ1v) is 12.3. The smallest absolute Gasteiger partial charge is 0.329 e. The molecular weight excluding hydrogens is 363 g/mol. The van der Waals surface area contributed by atoms with Gasteiger partial charge in [0.15, 0.2) is 0 Å². The van der Waals surface area contributed by atoms with Gasteiger partial charge in [0.1, 0.15) is 0 Å². The van der Waals surface area contributed by atoms with Crippen LogP contribution in [-0.2, 0) is 18.5 Å². The summed E-state index contributed by atoms with van der Waals surface area (Å²) in [6.07, 6.45) is 13.0. The maximum Gasteiger partial charge on any atom is 0.329 e. The summed E-state index contributed by atoms with van der Waals surface area (Å²) in [4.78, 5) is 10.1. The van der Waals surface area contributed by atoms with Crippen LogP contribution in [0.3, 0.4) is 0 Å². The highest BCUT2D eigenvalue weighted by Gasteiger charge is 2.18. The molecule has 6 heteroatoms. The van der Waals surface area contributed by atoms with Gasteiger partial charge in [0.05, 0.1) is 26.4 Å². The van der Waals surface area contributed by atoms with Gasteiger partial charge in [-0.1, -0.05) is 65.2 Å². The Morgan fingerprint density at radius 3 is 1.63 bits per heavy atom. The molecule has 0 spiro atoms. The molecule has 1 aliphatic heterocycles. The van der Waals surface area contributed by atoms with Crippen LogP contribution in [0.4, 0.5) is 0 Å². The largest absolute Gasteiger partial charge is 0.381 e. The average Bonchev–Trinajstić information content (AvgIpc) is 2.67. The molecule has 1 rings (SSSR count). The van der Waals surface area contributed by atoms with Gasteiger partial charge in [-0.2, -0.15) is 0 Å². The zero-order valence-electron chi connectivity index (χ0n) is 17.7. The van der Waals surface area contributed by atoms with E-state index in [4.69, 9.17) is 18.5 Å². The van der Waals surface area contributed by atoms with Crippen LogP contribution in [0.25, 0.3) is 0 Å². The van der Waals surface area contributed by atoms with E-state index in [1.54, 1.807) is 0 Å². The minimum atomic E-state index is -1.81. The van der Waals surface area contributed by atoms with Crippen molar-refractivity contribution in [2.45, 2.75) is 84.5 Å². The molecule has 1 heterocycles. The molecule has 27 heavy (non-hydrogen) atoms. The Balaban J connectivity index is 2.38. The fourth-order valence-corrected chi connectivity index (χ4v) is 4.04. The second-order valence-electron chi connectivity index (χ2n) is 7.76. The number of hydrogen-bond acceptors (Lipinski definition) is 5. The van der Waals surface area contributed by atoms with Crippen LogP contribution < -0.4 is 0 Å². The average molecular weight is 407 g/mol. The molecule has 0 aliphatic carbocycles. The highest BCUT2D eigenvalue weighted by molar-refractivity contribution is 7.40. The van der Waals surface area contributed by atoms with Crippen LogP contribution in [0.5, 0.6) is 0 Å². The van der Waals surface area contributed by atoms with E-state index in [1.165, 1.54) is 51.4 Å². The molecule has 0 bridgehead atoms. The van der Waals surface area contributed by atoms with Crippen LogP contribution in [0.2, 0.25) is 0 Å². The number of hydrogen-bond donors (Lipinski definition) is 1. The Labute approximate surface area is 168 Å². The Bertz CT molecular complexity index is 291. The maximum atomic E-state index is 10.1. The molecular formula is C21H43O5P. The summed E-state index contributed by atoms with van der Waals surface area (Å²) in [5.41, 5.74) is 0. The Morgan fingerprint density at radius 1 is 0.704 bits per heavy atom. The normalized spacial score (nSPS) is 26.6. The summed E-state index contributed by atoms with van der Waals surface area (Å²) in [7, 11) is -1.81. The van der Waals surface area contributed by atoms with Crippen LogP contribution in [0.15, 0.2) is 0 Å². The van der Waals surface area contributed by atoms with Gasteiger partial charge in [0.25, 0.3) is 0 Å². The van der Waals surface area contributed by atoms with E-state index in [0.717, 1.165) is 32.5 Å². The van der Waals surface area contributed by atoms with Crippen molar-refractivity contribution in [2.75, 3.05) is 39.6 Å². The van der Waals surface area contributed by atoms with Gasteiger partial charge < -0.3 is 23.4 Å². The molecule has 1 aliphatic rings. The molecule has 0 saturated carbocycles. The standard InChI is InChI=1S/C21H43O5P/c1-3-5-7-9-12-20-16-23-14-11-15-24-17-21(13-10-8-6-4-2)19-26-27(22)25-18-20/h20-22H,3-19H2,1-2H3. The highest BCUT2D eigenvalue weighted by atomic mass is 31.2. The van der Waals surface area contributed by atoms with Gasteiger partial charge in [-0.3, -0.25) is 0 Å². The lowest BCUT2D eigenvalue weighted by Gasteiger charge is -2.22. The van der Waals surface area contributed by atoms with E-state index >= 15 is 0 Å². The van der Waals surface area contributed by atoms with Crippen LogP contribution in [0.1, 0.15) is 84.5 Å². The second kappa shape index (κ2) is 18.3. The van der Waals surface area contributed by atoms with Crippen molar-refractivity contribution in [3.05, 3.63) is 0 Å². The van der Waals surface area contributed by atoms with E-state index in [-0.39, 0.29) is 0 Å². The first kappa shape index (κ1) is 25.3. The molecule has 0 aromatic carbocycles. The SMILES string of the molecule is CCCCCCC1COCCCOCC(CCCCCC)COP(O)OC1. The lowest BCUT2D eigenvalue weighted by atomic mass is 10.0. The van der Waals surface area contributed by atoms with Crippen molar-refractivity contribution in [1.82, 2.24) is 0 Å². The Morgan fingerprint density at radius 2 is 1.19 bits per heavy atom. The monoisotopic (exact) mass is 406 g/mol. The van der Waals surface area contributed by atoms with Crippen molar-refractivity contribution in [3.63, 3.8) is 0 Å². The van der Waals surface area contributed by atoms with Crippen molar-refractivity contribution < 1.29 is 23.4 Å². The summed E-state index contributed by atoms with van der Waals surface area (Å²) in [6, 6.07) is 0. The minimum Gasteiger partial charge on any atom is -0.381 e. The molecule has 0 aromatic rings. The molecule has 2 atom stereocenters. The van der Waals surface area contributed by atoms with E-state index in [9.17, 15) is 4.89 Å². The third kappa shape index (κ3) is 14.8. The summed E-state index contributed by atoms with van der Waals surface area (Å²) in [6.45, 7) is 8.34. The Hall–Kier alpha value is 0.230. The fraction of sp³-hybridized carbons (Fsp3) is 1.00. The third-order valence-corrected chi connectivity index (χ3v) is 5.80. The van der Waals surface area contributed by atoms with Gasteiger partial charge >= 0.3 is 8.60 Å². The molecule has 1 N–H and O–H groups in total. The lowest BCUT2D eigenvalue weighted by Crippen LogP contribution is -2.20. The van der Waals surface area contributed by atoms with Crippen LogP contribution >= 0.6 is 8.60 Å². The van der Waals surface area contributed by atoms with Crippen molar-refractivity contribution in [3.8, 4) is 0 Å². The summed E-state index contributed by atoms with van der Waals surface area (Å²) < 4.78 is 22.9. The third-order valence-electron chi connectivity index (χ3n) is 5.06. The molecule has 1 fully saturated rings. The van der Waals surface area contributed by atoms with E-state index in [2.05, 4.69) is 13.8 Å². The van der Waals surface area contributed by atoms with Crippen LogP contribution in [0, 0.1) is 11.8 Å². The van der Waals surface area contributed by atoms with Crippen molar-refractivity contribution >= 4 is 8.60 Å². The summed E-state index contributed by atoms with van der Waals surface area (Å²) >= 11 is 0. The Kier molecular flexibility index (Phi) is 17.1. The number of unbranched alkanes of at least 4 members (excludes halogenated alkanes) is 6. The molecule has 1 saturated heterocycles. The molecule has 162 valence electrons. The first-order valence-electron chi connectivity index (χ1n) is 11.2. The fourth-order valence-electron chi connectivity index (χ4n) is 3.29. The summed E-state index contributed by atoms with van der Waals surface area (Å²) in [5, 5.41) is 0. The maximum absolute atomic E-state index is 10.1. The zero-order valence-corrected chi connectivity index (χ0v) is 18.6. The minimum absolute atomic E-state index is 0.330. The second-order valence-corrected chi connectivity index (χ2v) is 8.76. The number of ether oxygens (including phenoxy) is 2. The van der Waals surface area contributed by atoms with Crippen molar-refractivity contribution in [2.24, 2.45) is 11.8 Å². The van der Waals surface area contributed by atoms with Gasteiger partial charge in [-0.05, 0) is 19.3 Å². The summed E-state index contributed by atoms with van der Waals surface area (Å²) in [5.74, 6) is 0.660. The topological polar surface area (TPSA) is 57.2 Å². The van der Waals surface area contributed by atoms with Gasteiger partial charge in [0, 0.05) is 25.0 Å². The lowest BCUT2D eigenvalue weighted by molar-refractivity contribution is 0.0256. The van der Waals surface area contributed by atoms with Crippen molar-refractivity contribution in [1.29, 1.82) is 0 Å². The van der Waals surface area contributed by atoms with E-state index < -0.39 is 8.60 Å². The van der Waals surface area contributed by atoms with Gasteiger partial charge in [-0.15, -0.1) is 0 Å². The molecule has 2 unspecified atom stereocenters. The number of rotatable bonds is 10. The van der Waals surface area contributed by atoms with Gasteiger partial charge in [-0.25, -0.2) is 0 Å².